The summed E-state index contributed by atoms with van der Waals surface area (Å²) in [6.45, 7) is 1.51. The van der Waals surface area contributed by atoms with Crippen LogP contribution in [0.1, 0.15) is 21.5 Å². The summed E-state index contributed by atoms with van der Waals surface area (Å²) in [5, 5.41) is 2.55. The molecule has 0 heterocycles. The molecular formula is C17H14BrFN2O2. The summed E-state index contributed by atoms with van der Waals surface area (Å²) in [4.78, 5) is 23.2. The third-order valence-corrected chi connectivity index (χ3v) is 3.93. The first-order valence-corrected chi connectivity index (χ1v) is 7.51. The molecule has 0 fully saturated rings. The number of anilines is 1. The van der Waals surface area contributed by atoms with E-state index in [2.05, 4.69) is 21.2 Å². The van der Waals surface area contributed by atoms with Crippen LogP contribution in [0, 0.1) is 12.7 Å². The zero-order valence-electron chi connectivity index (χ0n) is 12.3. The van der Waals surface area contributed by atoms with Gasteiger partial charge in [-0.05, 0) is 36.8 Å². The number of carbonyl (C=O) groups excluding carboxylic acids is 2. The van der Waals surface area contributed by atoms with Crippen LogP contribution in [0.3, 0.4) is 0 Å². The second kappa shape index (κ2) is 7.19. The molecule has 0 atom stereocenters. The van der Waals surface area contributed by atoms with Crippen LogP contribution in [0.5, 0.6) is 0 Å². The van der Waals surface area contributed by atoms with Crippen molar-refractivity contribution in [2.45, 2.75) is 6.92 Å². The molecule has 2 rings (SSSR count). The van der Waals surface area contributed by atoms with E-state index in [1.54, 1.807) is 6.08 Å². The summed E-state index contributed by atoms with van der Waals surface area (Å²) in [7, 11) is 0. The van der Waals surface area contributed by atoms with Gasteiger partial charge in [-0.3, -0.25) is 9.59 Å². The molecule has 0 aliphatic carbocycles. The molecule has 4 nitrogen and oxygen atoms in total. The Morgan fingerprint density at radius 3 is 2.61 bits per heavy atom. The SMILES string of the molecule is Cc1c(F)cc(C(N)=O)cc1NC(=O)/C=C/c1ccccc1Br. The molecule has 0 saturated heterocycles. The molecule has 0 saturated carbocycles. The van der Waals surface area contributed by atoms with Gasteiger partial charge < -0.3 is 11.1 Å². The van der Waals surface area contributed by atoms with E-state index in [4.69, 9.17) is 5.73 Å². The third kappa shape index (κ3) is 4.26. The minimum absolute atomic E-state index is 0.00168. The van der Waals surface area contributed by atoms with Gasteiger partial charge in [0.15, 0.2) is 0 Å². The van der Waals surface area contributed by atoms with Crippen molar-refractivity contribution < 1.29 is 14.0 Å². The predicted octanol–water partition coefficient (Wildman–Crippen LogP) is 3.65. The molecule has 3 N–H and O–H groups in total. The summed E-state index contributed by atoms with van der Waals surface area (Å²) in [5.74, 6) is -1.81. The zero-order valence-corrected chi connectivity index (χ0v) is 13.9. The first-order chi connectivity index (χ1) is 10.9. The van der Waals surface area contributed by atoms with Gasteiger partial charge >= 0.3 is 0 Å². The van der Waals surface area contributed by atoms with Crippen molar-refractivity contribution in [3.63, 3.8) is 0 Å². The van der Waals surface area contributed by atoms with Crippen LogP contribution >= 0.6 is 15.9 Å². The van der Waals surface area contributed by atoms with Gasteiger partial charge in [0.2, 0.25) is 11.8 Å². The maximum Gasteiger partial charge on any atom is 0.248 e. The molecule has 2 amide bonds. The van der Waals surface area contributed by atoms with E-state index in [9.17, 15) is 14.0 Å². The van der Waals surface area contributed by atoms with Crippen molar-refractivity contribution in [2.75, 3.05) is 5.32 Å². The van der Waals surface area contributed by atoms with E-state index in [0.29, 0.717) is 0 Å². The summed E-state index contributed by atoms with van der Waals surface area (Å²) >= 11 is 3.38. The Balaban J connectivity index is 2.20. The molecule has 0 aliphatic rings. The van der Waals surface area contributed by atoms with Gasteiger partial charge in [-0.15, -0.1) is 0 Å². The molecule has 0 radical (unpaired) electrons. The van der Waals surface area contributed by atoms with Crippen LogP contribution in [-0.2, 0) is 4.79 Å². The average Bonchev–Trinajstić information content (AvgIpc) is 2.50. The second-order valence-corrected chi connectivity index (χ2v) is 5.69. The zero-order chi connectivity index (χ0) is 17.0. The van der Waals surface area contributed by atoms with Crippen molar-refractivity contribution in [3.05, 3.63) is 69.5 Å². The second-order valence-electron chi connectivity index (χ2n) is 4.84. The molecule has 2 aromatic rings. The third-order valence-electron chi connectivity index (χ3n) is 3.21. The first kappa shape index (κ1) is 16.9. The Hall–Kier alpha value is -2.47. The van der Waals surface area contributed by atoms with E-state index >= 15 is 0 Å². The Morgan fingerprint density at radius 1 is 1.26 bits per heavy atom. The van der Waals surface area contributed by atoms with E-state index in [1.165, 1.54) is 19.1 Å². The van der Waals surface area contributed by atoms with E-state index in [-0.39, 0.29) is 16.8 Å². The molecule has 0 aliphatic heterocycles. The lowest BCUT2D eigenvalue weighted by Gasteiger charge is -2.09. The lowest BCUT2D eigenvalue weighted by molar-refractivity contribution is -0.111. The average molecular weight is 377 g/mol. The molecule has 2 aromatic carbocycles. The lowest BCUT2D eigenvalue weighted by Crippen LogP contribution is -2.15. The number of primary amides is 1. The smallest absolute Gasteiger partial charge is 0.248 e. The number of benzene rings is 2. The van der Waals surface area contributed by atoms with Crippen LogP contribution in [0.2, 0.25) is 0 Å². The first-order valence-electron chi connectivity index (χ1n) is 6.72. The highest BCUT2D eigenvalue weighted by molar-refractivity contribution is 9.10. The van der Waals surface area contributed by atoms with Crippen LogP contribution in [0.15, 0.2) is 46.9 Å². The Bertz CT molecular complexity index is 803. The number of carbonyl (C=O) groups is 2. The van der Waals surface area contributed by atoms with E-state index < -0.39 is 17.6 Å². The minimum Gasteiger partial charge on any atom is -0.366 e. The summed E-state index contributed by atoms with van der Waals surface area (Å²) in [6.07, 6.45) is 2.96. The monoisotopic (exact) mass is 376 g/mol. The van der Waals surface area contributed by atoms with Crippen LogP contribution in [0.4, 0.5) is 10.1 Å². The lowest BCUT2D eigenvalue weighted by atomic mass is 10.1. The van der Waals surface area contributed by atoms with Gasteiger partial charge in [-0.1, -0.05) is 34.1 Å². The fraction of sp³-hybridized carbons (Fsp3) is 0.0588. The summed E-state index contributed by atoms with van der Waals surface area (Å²) in [6, 6.07) is 9.80. The summed E-state index contributed by atoms with van der Waals surface area (Å²) in [5.41, 5.74) is 6.42. The molecular weight excluding hydrogens is 363 g/mol. The maximum atomic E-state index is 13.8. The standard InChI is InChI=1S/C17H14BrFN2O2/c1-10-14(19)8-12(17(20)23)9-15(10)21-16(22)7-6-11-4-2-3-5-13(11)18/h2-9H,1H3,(H2,20,23)(H,21,22)/b7-6+. The Kier molecular flexibility index (Phi) is 5.28. The maximum absolute atomic E-state index is 13.8. The van der Waals surface area contributed by atoms with Crippen molar-refractivity contribution in [2.24, 2.45) is 5.73 Å². The van der Waals surface area contributed by atoms with Gasteiger partial charge in [-0.25, -0.2) is 4.39 Å². The number of halogens is 2. The predicted molar refractivity (Wildman–Crippen MR) is 91.5 cm³/mol. The van der Waals surface area contributed by atoms with E-state index in [0.717, 1.165) is 16.1 Å². The number of amides is 2. The number of hydrogen-bond acceptors (Lipinski definition) is 2. The Morgan fingerprint density at radius 2 is 1.96 bits per heavy atom. The van der Waals surface area contributed by atoms with Crippen molar-refractivity contribution in [3.8, 4) is 0 Å². The number of hydrogen-bond donors (Lipinski definition) is 2. The summed E-state index contributed by atoms with van der Waals surface area (Å²) < 4.78 is 14.6. The van der Waals surface area contributed by atoms with Crippen LogP contribution < -0.4 is 11.1 Å². The number of nitrogens with one attached hydrogen (secondary N) is 1. The van der Waals surface area contributed by atoms with Gasteiger partial charge in [0.05, 0.1) is 0 Å². The minimum atomic E-state index is -0.761. The van der Waals surface area contributed by atoms with Crippen molar-refractivity contribution >= 4 is 39.5 Å². The van der Waals surface area contributed by atoms with Gasteiger partial charge in [0.1, 0.15) is 5.82 Å². The molecule has 23 heavy (non-hydrogen) atoms. The number of rotatable bonds is 4. The van der Waals surface area contributed by atoms with Gasteiger partial charge in [0.25, 0.3) is 0 Å². The van der Waals surface area contributed by atoms with E-state index in [1.807, 2.05) is 24.3 Å². The fourth-order valence-electron chi connectivity index (χ4n) is 1.90. The molecule has 0 unspecified atom stereocenters. The number of nitrogens with two attached hydrogens (primary N) is 1. The van der Waals surface area contributed by atoms with Gasteiger partial charge in [0, 0.05) is 27.4 Å². The fourth-order valence-corrected chi connectivity index (χ4v) is 2.32. The largest absolute Gasteiger partial charge is 0.366 e. The Labute approximate surface area is 141 Å². The highest BCUT2D eigenvalue weighted by Crippen LogP contribution is 2.21. The highest BCUT2D eigenvalue weighted by Gasteiger charge is 2.11. The van der Waals surface area contributed by atoms with Crippen LogP contribution in [0.25, 0.3) is 6.08 Å². The molecule has 6 heteroatoms. The van der Waals surface area contributed by atoms with Crippen molar-refractivity contribution in [1.82, 2.24) is 0 Å². The molecule has 0 spiro atoms. The van der Waals surface area contributed by atoms with Crippen LogP contribution in [-0.4, -0.2) is 11.8 Å². The normalized spacial score (nSPS) is 10.7. The quantitative estimate of drug-likeness (QED) is 0.799. The topological polar surface area (TPSA) is 72.2 Å². The van der Waals surface area contributed by atoms with Crippen molar-refractivity contribution in [1.29, 1.82) is 0 Å². The molecule has 0 aromatic heterocycles. The highest BCUT2D eigenvalue weighted by atomic mass is 79.9. The van der Waals surface area contributed by atoms with Gasteiger partial charge in [-0.2, -0.15) is 0 Å². The molecule has 0 bridgehead atoms. The molecule has 118 valence electrons.